The van der Waals surface area contributed by atoms with E-state index in [0.29, 0.717) is 26.1 Å². The van der Waals surface area contributed by atoms with Crippen molar-refractivity contribution in [2.45, 2.75) is 37.1 Å². The SMILES string of the molecule is O=C1[C@H]2CCCN2C(=O)C(Cc2ccc3ccccc3c2)SCCN1Cc1c[nH]c2ccccc12. The van der Waals surface area contributed by atoms with Crippen molar-refractivity contribution in [2.75, 3.05) is 18.8 Å². The van der Waals surface area contributed by atoms with E-state index in [0.717, 1.165) is 35.1 Å². The van der Waals surface area contributed by atoms with Gasteiger partial charge in [0, 0.05) is 42.5 Å². The van der Waals surface area contributed by atoms with Gasteiger partial charge in [0.25, 0.3) is 0 Å². The van der Waals surface area contributed by atoms with Crippen molar-refractivity contribution in [3.63, 3.8) is 0 Å². The highest BCUT2D eigenvalue weighted by Crippen LogP contribution is 2.30. The molecule has 178 valence electrons. The molecule has 2 amide bonds. The van der Waals surface area contributed by atoms with Gasteiger partial charge in [-0.1, -0.05) is 60.7 Å². The summed E-state index contributed by atoms with van der Waals surface area (Å²) in [5, 5.41) is 3.39. The standard InChI is InChI=1S/C29H29N3O2S/c33-28-26-10-5-13-32(26)29(34)27(17-20-11-12-21-6-1-2-7-22(21)16-20)35-15-14-31(28)19-23-18-30-25-9-4-3-8-24(23)25/h1-4,6-9,11-12,16,18,26-27,30H,5,10,13-15,17,19H2/t26-,27?/m1/s1. The number of para-hydroxylation sites is 1. The summed E-state index contributed by atoms with van der Waals surface area (Å²) in [5.74, 6) is 0.958. The minimum Gasteiger partial charge on any atom is -0.361 e. The summed E-state index contributed by atoms with van der Waals surface area (Å²) in [7, 11) is 0. The number of hydrogen-bond acceptors (Lipinski definition) is 3. The van der Waals surface area contributed by atoms with Gasteiger partial charge in [0.2, 0.25) is 11.8 Å². The molecule has 2 aliphatic rings. The number of hydrogen-bond donors (Lipinski definition) is 1. The van der Waals surface area contributed by atoms with Crippen LogP contribution >= 0.6 is 11.8 Å². The summed E-state index contributed by atoms with van der Waals surface area (Å²) >= 11 is 1.70. The van der Waals surface area contributed by atoms with Crippen molar-refractivity contribution in [1.29, 1.82) is 0 Å². The fourth-order valence-electron chi connectivity index (χ4n) is 5.52. The number of aromatic nitrogens is 1. The first kappa shape index (κ1) is 22.2. The molecule has 2 aliphatic heterocycles. The molecule has 1 N–H and O–H groups in total. The molecule has 3 heterocycles. The maximum atomic E-state index is 13.7. The number of rotatable bonds is 4. The average molecular weight is 484 g/mol. The van der Waals surface area contributed by atoms with Crippen LogP contribution < -0.4 is 0 Å². The minimum absolute atomic E-state index is 0.0908. The first-order valence-electron chi connectivity index (χ1n) is 12.4. The van der Waals surface area contributed by atoms with Gasteiger partial charge < -0.3 is 14.8 Å². The Balaban J connectivity index is 1.25. The third-order valence-electron chi connectivity index (χ3n) is 7.36. The van der Waals surface area contributed by atoms with E-state index in [9.17, 15) is 9.59 Å². The smallest absolute Gasteiger partial charge is 0.245 e. The van der Waals surface area contributed by atoms with Crippen LogP contribution in [0.4, 0.5) is 0 Å². The number of H-pyrrole nitrogens is 1. The van der Waals surface area contributed by atoms with E-state index in [4.69, 9.17) is 0 Å². The number of thioether (sulfide) groups is 1. The number of benzene rings is 3. The van der Waals surface area contributed by atoms with Crippen LogP contribution in [0.15, 0.2) is 72.9 Å². The van der Waals surface area contributed by atoms with E-state index in [1.807, 2.05) is 34.2 Å². The second kappa shape index (κ2) is 9.42. The van der Waals surface area contributed by atoms with Gasteiger partial charge in [0.15, 0.2) is 0 Å². The molecular weight excluding hydrogens is 454 g/mol. The predicted molar refractivity (Wildman–Crippen MR) is 142 cm³/mol. The first-order valence-corrected chi connectivity index (χ1v) is 13.5. The highest BCUT2D eigenvalue weighted by molar-refractivity contribution is 8.00. The van der Waals surface area contributed by atoms with Crippen LogP contribution in [0.1, 0.15) is 24.0 Å². The molecule has 2 atom stereocenters. The maximum Gasteiger partial charge on any atom is 0.245 e. The zero-order valence-corrected chi connectivity index (χ0v) is 20.5. The molecule has 1 unspecified atom stereocenters. The van der Waals surface area contributed by atoms with Crippen molar-refractivity contribution < 1.29 is 9.59 Å². The lowest BCUT2D eigenvalue weighted by atomic mass is 10.0. The molecule has 4 aromatic rings. The summed E-state index contributed by atoms with van der Waals surface area (Å²) in [6, 6.07) is 22.7. The van der Waals surface area contributed by atoms with E-state index in [1.54, 1.807) is 11.8 Å². The van der Waals surface area contributed by atoms with Crippen molar-refractivity contribution in [1.82, 2.24) is 14.8 Å². The predicted octanol–water partition coefficient (Wildman–Crippen LogP) is 5.00. The molecule has 0 radical (unpaired) electrons. The van der Waals surface area contributed by atoms with Gasteiger partial charge >= 0.3 is 0 Å². The van der Waals surface area contributed by atoms with Crippen molar-refractivity contribution in [3.8, 4) is 0 Å². The second-order valence-electron chi connectivity index (χ2n) is 9.55. The molecule has 0 bridgehead atoms. The van der Waals surface area contributed by atoms with Crippen LogP contribution in [-0.2, 0) is 22.6 Å². The summed E-state index contributed by atoms with van der Waals surface area (Å²) in [6.07, 6.45) is 4.34. The lowest BCUT2D eigenvalue weighted by molar-refractivity contribution is -0.143. The van der Waals surface area contributed by atoms with Gasteiger partial charge in [-0.2, -0.15) is 0 Å². The van der Waals surface area contributed by atoms with E-state index in [2.05, 4.69) is 53.5 Å². The Bertz CT molecular complexity index is 1400. The highest BCUT2D eigenvalue weighted by Gasteiger charge is 2.40. The average Bonchev–Trinajstić information content (AvgIpc) is 3.54. The number of amides is 2. The largest absolute Gasteiger partial charge is 0.361 e. The monoisotopic (exact) mass is 483 g/mol. The van der Waals surface area contributed by atoms with E-state index >= 15 is 0 Å². The van der Waals surface area contributed by atoms with Crippen LogP contribution in [0.2, 0.25) is 0 Å². The zero-order valence-electron chi connectivity index (χ0n) is 19.7. The van der Waals surface area contributed by atoms with Crippen LogP contribution in [0.5, 0.6) is 0 Å². The van der Waals surface area contributed by atoms with E-state index in [-0.39, 0.29) is 23.1 Å². The van der Waals surface area contributed by atoms with Crippen LogP contribution in [0.3, 0.4) is 0 Å². The van der Waals surface area contributed by atoms with Crippen LogP contribution in [0.25, 0.3) is 21.7 Å². The Hall–Kier alpha value is -3.25. The second-order valence-corrected chi connectivity index (χ2v) is 10.9. The maximum absolute atomic E-state index is 13.7. The Morgan fingerprint density at radius 2 is 1.74 bits per heavy atom. The van der Waals surface area contributed by atoms with Gasteiger partial charge in [-0.15, -0.1) is 11.8 Å². The molecule has 6 heteroatoms. The molecule has 1 aromatic heterocycles. The molecule has 0 spiro atoms. The Morgan fingerprint density at radius 3 is 2.66 bits per heavy atom. The molecule has 0 aliphatic carbocycles. The number of aromatic amines is 1. The first-order chi connectivity index (χ1) is 17.2. The van der Waals surface area contributed by atoms with Gasteiger partial charge in [0.05, 0.1) is 5.25 Å². The number of nitrogens with zero attached hydrogens (tertiary/aromatic N) is 2. The quantitative estimate of drug-likeness (QED) is 0.445. The highest BCUT2D eigenvalue weighted by atomic mass is 32.2. The number of nitrogens with one attached hydrogen (secondary N) is 1. The minimum atomic E-state index is -0.342. The molecule has 3 aromatic carbocycles. The van der Waals surface area contributed by atoms with Crippen molar-refractivity contribution >= 4 is 45.3 Å². The fourth-order valence-corrected chi connectivity index (χ4v) is 6.72. The van der Waals surface area contributed by atoms with Gasteiger partial charge in [-0.3, -0.25) is 9.59 Å². The Kier molecular flexibility index (Phi) is 5.98. The lowest BCUT2D eigenvalue weighted by Crippen LogP contribution is -2.49. The number of fused-ring (bicyclic) bond motifs is 3. The van der Waals surface area contributed by atoms with E-state index < -0.39 is 0 Å². The molecule has 2 saturated heterocycles. The molecule has 6 rings (SSSR count). The van der Waals surface area contributed by atoms with Gasteiger partial charge in [-0.25, -0.2) is 0 Å². The lowest BCUT2D eigenvalue weighted by Gasteiger charge is -2.29. The molecular formula is C29H29N3O2S. The van der Waals surface area contributed by atoms with Crippen LogP contribution in [0, 0.1) is 0 Å². The Morgan fingerprint density at radius 1 is 0.914 bits per heavy atom. The molecule has 35 heavy (non-hydrogen) atoms. The van der Waals surface area contributed by atoms with Crippen molar-refractivity contribution in [3.05, 3.63) is 84.1 Å². The molecule has 5 nitrogen and oxygen atoms in total. The Labute approximate surface area is 209 Å². The third kappa shape index (κ3) is 4.31. The summed E-state index contributed by atoms with van der Waals surface area (Å²) < 4.78 is 0. The summed E-state index contributed by atoms with van der Waals surface area (Å²) in [6.45, 7) is 1.89. The topological polar surface area (TPSA) is 56.4 Å². The molecule has 2 fully saturated rings. The van der Waals surface area contributed by atoms with Crippen LogP contribution in [-0.4, -0.2) is 56.7 Å². The summed E-state index contributed by atoms with van der Waals surface area (Å²) in [4.78, 5) is 34.5. The fraction of sp³-hybridized carbons (Fsp3) is 0.310. The number of carbonyl (C=O) groups is 2. The summed E-state index contributed by atoms with van der Waals surface area (Å²) in [5.41, 5.74) is 3.38. The number of carbonyl (C=O) groups excluding carboxylic acids is 2. The normalized spacial score (nSPS) is 21.3. The molecule has 0 saturated carbocycles. The van der Waals surface area contributed by atoms with Gasteiger partial charge in [0.1, 0.15) is 6.04 Å². The van der Waals surface area contributed by atoms with E-state index in [1.165, 1.54) is 16.3 Å². The van der Waals surface area contributed by atoms with Crippen molar-refractivity contribution in [2.24, 2.45) is 0 Å². The third-order valence-corrected chi connectivity index (χ3v) is 8.55. The zero-order chi connectivity index (χ0) is 23.8. The van der Waals surface area contributed by atoms with Gasteiger partial charge in [-0.05, 0) is 47.2 Å².